The van der Waals surface area contributed by atoms with Gasteiger partial charge in [0, 0.05) is 23.4 Å². The van der Waals surface area contributed by atoms with E-state index in [9.17, 15) is 4.79 Å². The zero-order valence-corrected chi connectivity index (χ0v) is 10.9. The third-order valence-electron chi connectivity index (χ3n) is 2.58. The first-order chi connectivity index (χ1) is 8.20. The number of hydrogen-bond donors (Lipinski definition) is 1. The third kappa shape index (κ3) is 2.84. The predicted octanol–water partition coefficient (Wildman–Crippen LogP) is 2.59. The Kier molecular flexibility index (Phi) is 3.76. The van der Waals surface area contributed by atoms with Crippen molar-refractivity contribution in [1.82, 2.24) is 4.57 Å². The summed E-state index contributed by atoms with van der Waals surface area (Å²) in [5.41, 5.74) is 7.46. The standard InChI is InChI=1S/C13H13BrN2O/c14-12-4-2-1-3-11(12)7-13(17)16-6-5-10(8-15)9-16/h1-6,9H,7-8,15H2. The van der Waals surface area contributed by atoms with E-state index in [-0.39, 0.29) is 5.91 Å². The molecule has 17 heavy (non-hydrogen) atoms. The van der Waals surface area contributed by atoms with Gasteiger partial charge in [0.25, 0.3) is 0 Å². The Morgan fingerprint density at radius 1 is 1.29 bits per heavy atom. The molecule has 0 saturated heterocycles. The van der Waals surface area contributed by atoms with Gasteiger partial charge in [-0.1, -0.05) is 34.1 Å². The van der Waals surface area contributed by atoms with Crippen LogP contribution in [0.15, 0.2) is 47.2 Å². The molecule has 0 atom stereocenters. The lowest BCUT2D eigenvalue weighted by Crippen LogP contribution is -2.11. The quantitative estimate of drug-likeness (QED) is 0.945. The van der Waals surface area contributed by atoms with Crippen molar-refractivity contribution in [3.8, 4) is 0 Å². The topological polar surface area (TPSA) is 48.0 Å². The predicted molar refractivity (Wildman–Crippen MR) is 70.8 cm³/mol. The lowest BCUT2D eigenvalue weighted by molar-refractivity contribution is 0.0914. The molecule has 0 bridgehead atoms. The maximum atomic E-state index is 12.0. The average Bonchev–Trinajstić information content (AvgIpc) is 2.81. The molecule has 0 aliphatic rings. The zero-order valence-electron chi connectivity index (χ0n) is 9.27. The number of rotatable bonds is 3. The van der Waals surface area contributed by atoms with Crippen LogP contribution in [0.3, 0.4) is 0 Å². The van der Waals surface area contributed by atoms with Crippen LogP contribution in [0.4, 0.5) is 0 Å². The first kappa shape index (κ1) is 12.1. The van der Waals surface area contributed by atoms with Gasteiger partial charge in [-0.15, -0.1) is 0 Å². The molecule has 4 heteroatoms. The molecule has 1 aromatic heterocycles. The van der Waals surface area contributed by atoms with Gasteiger partial charge in [0.15, 0.2) is 0 Å². The van der Waals surface area contributed by atoms with E-state index in [1.165, 1.54) is 0 Å². The van der Waals surface area contributed by atoms with Gasteiger partial charge in [-0.3, -0.25) is 9.36 Å². The summed E-state index contributed by atoms with van der Waals surface area (Å²) in [7, 11) is 0. The highest BCUT2D eigenvalue weighted by Gasteiger charge is 2.08. The fraction of sp³-hybridized carbons (Fsp3) is 0.154. The summed E-state index contributed by atoms with van der Waals surface area (Å²) in [4.78, 5) is 12.0. The Morgan fingerprint density at radius 3 is 2.71 bits per heavy atom. The summed E-state index contributed by atoms with van der Waals surface area (Å²) in [6, 6.07) is 9.59. The number of nitrogens with two attached hydrogens (primary N) is 1. The van der Waals surface area contributed by atoms with Crippen molar-refractivity contribution in [2.75, 3.05) is 0 Å². The van der Waals surface area contributed by atoms with Gasteiger partial charge in [0.1, 0.15) is 0 Å². The molecule has 0 radical (unpaired) electrons. The van der Waals surface area contributed by atoms with E-state index in [0.29, 0.717) is 13.0 Å². The van der Waals surface area contributed by atoms with Crippen LogP contribution in [0.25, 0.3) is 0 Å². The summed E-state index contributed by atoms with van der Waals surface area (Å²) in [6.07, 6.45) is 3.90. The maximum absolute atomic E-state index is 12.0. The Balaban J connectivity index is 2.14. The van der Waals surface area contributed by atoms with E-state index in [0.717, 1.165) is 15.6 Å². The van der Waals surface area contributed by atoms with Crippen LogP contribution in [0.1, 0.15) is 15.9 Å². The second-order valence-electron chi connectivity index (χ2n) is 3.79. The van der Waals surface area contributed by atoms with Gasteiger partial charge in [-0.2, -0.15) is 0 Å². The Hall–Kier alpha value is -1.39. The number of aromatic nitrogens is 1. The second kappa shape index (κ2) is 5.29. The largest absolute Gasteiger partial charge is 0.326 e. The highest BCUT2D eigenvalue weighted by molar-refractivity contribution is 9.10. The van der Waals surface area contributed by atoms with Crippen LogP contribution < -0.4 is 5.73 Å². The zero-order chi connectivity index (χ0) is 12.3. The van der Waals surface area contributed by atoms with Crippen molar-refractivity contribution in [1.29, 1.82) is 0 Å². The fourth-order valence-corrected chi connectivity index (χ4v) is 2.04. The minimum absolute atomic E-state index is 0.0385. The van der Waals surface area contributed by atoms with Gasteiger partial charge in [0.05, 0.1) is 6.42 Å². The van der Waals surface area contributed by atoms with Gasteiger partial charge in [0.2, 0.25) is 5.91 Å². The number of carbonyl (C=O) groups excluding carboxylic acids is 1. The molecule has 2 rings (SSSR count). The smallest absolute Gasteiger partial charge is 0.235 e. The number of hydrogen-bond acceptors (Lipinski definition) is 2. The van der Waals surface area contributed by atoms with Crippen LogP contribution in [0, 0.1) is 0 Å². The molecular formula is C13H13BrN2O. The molecule has 3 nitrogen and oxygen atoms in total. The average molecular weight is 293 g/mol. The SMILES string of the molecule is NCc1ccn(C(=O)Cc2ccccc2Br)c1. The highest BCUT2D eigenvalue weighted by Crippen LogP contribution is 2.17. The molecule has 1 heterocycles. The monoisotopic (exact) mass is 292 g/mol. The number of carbonyl (C=O) groups is 1. The minimum Gasteiger partial charge on any atom is -0.326 e. The molecule has 88 valence electrons. The highest BCUT2D eigenvalue weighted by atomic mass is 79.9. The lowest BCUT2D eigenvalue weighted by Gasteiger charge is -2.04. The van der Waals surface area contributed by atoms with Gasteiger partial charge in [-0.05, 0) is 23.3 Å². The van der Waals surface area contributed by atoms with Gasteiger partial charge in [-0.25, -0.2) is 0 Å². The molecule has 1 aromatic carbocycles. The van der Waals surface area contributed by atoms with Crippen molar-refractivity contribution in [3.63, 3.8) is 0 Å². The van der Waals surface area contributed by atoms with E-state index in [1.807, 2.05) is 30.3 Å². The van der Waals surface area contributed by atoms with Crippen LogP contribution in [0.2, 0.25) is 0 Å². The number of halogens is 1. The number of benzene rings is 1. The Morgan fingerprint density at radius 2 is 2.06 bits per heavy atom. The summed E-state index contributed by atoms with van der Waals surface area (Å²) in [5.74, 6) is 0.0385. The van der Waals surface area contributed by atoms with Gasteiger partial charge < -0.3 is 5.73 Å². The van der Waals surface area contributed by atoms with Crippen molar-refractivity contribution in [2.24, 2.45) is 5.73 Å². The normalized spacial score (nSPS) is 10.5. The molecule has 0 unspecified atom stereocenters. The fourth-order valence-electron chi connectivity index (χ4n) is 1.61. The van der Waals surface area contributed by atoms with E-state index in [4.69, 9.17) is 5.73 Å². The first-order valence-corrected chi connectivity index (χ1v) is 6.13. The van der Waals surface area contributed by atoms with Crippen LogP contribution in [-0.2, 0) is 13.0 Å². The molecule has 0 aliphatic heterocycles. The summed E-state index contributed by atoms with van der Waals surface area (Å²) >= 11 is 3.43. The minimum atomic E-state index is 0.0385. The van der Waals surface area contributed by atoms with Crippen molar-refractivity contribution in [3.05, 3.63) is 58.3 Å². The van der Waals surface area contributed by atoms with Gasteiger partial charge >= 0.3 is 0 Å². The van der Waals surface area contributed by atoms with E-state index in [2.05, 4.69) is 15.9 Å². The van der Waals surface area contributed by atoms with E-state index in [1.54, 1.807) is 17.0 Å². The molecular weight excluding hydrogens is 280 g/mol. The summed E-state index contributed by atoms with van der Waals surface area (Å²) < 4.78 is 2.54. The molecule has 0 fully saturated rings. The first-order valence-electron chi connectivity index (χ1n) is 5.34. The van der Waals surface area contributed by atoms with Crippen LogP contribution in [-0.4, -0.2) is 10.5 Å². The number of nitrogens with zero attached hydrogens (tertiary/aromatic N) is 1. The molecule has 0 aliphatic carbocycles. The maximum Gasteiger partial charge on any atom is 0.235 e. The van der Waals surface area contributed by atoms with Crippen molar-refractivity contribution in [2.45, 2.75) is 13.0 Å². The Bertz CT molecular complexity index is 534. The van der Waals surface area contributed by atoms with Crippen molar-refractivity contribution >= 4 is 21.8 Å². The van der Waals surface area contributed by atoms with Crippen LogP contribution >= 0.6 is 15.9 Å². The van der Waals surface area contributed by atoms with Crippen molar-refractivity contribution < 1.29 is 4.79 Å². The van der Waals surface area contributed by atoms with E-state index >= 15 is 0 Å². The molecule has 0 saturated carbocycles. The second-order valence-corrected chi connectivity index (χ2v) is 4.65. The molecule has 0 amide bonds. The summed E-state index contributed by atoms with van der Waals surface area (Å²) in [6.45, 7) is 0.454. The molecule has 0 spiro atoms. The Labute approximate surface area is 108 Å². The third-order valence-corrected chi connectivity index (χ3v) is 3.35. The molecule has 2 N–H and O–H groups in total. The lowest BCUT2D eigenvalue weighted by atomic mass is 10.1. The van der Waals surface area contributed by atoms with Crippen LogP contribution in [0.5, 0.6) is 0 Å². The molecule has 2 aromatic rings. The van der Waals surface area contributed by atoms with E-state index < -0.39 is 0 Å². The summed E-state index contributed by atoms with van der Waals surface area (Å²) in [5, 5.41) is 0.